The zero-order valence-corrected chi connectivity index (χ0v) is 14.8. The van der Waals surface area contributed by atoms with Crippen LogP contribution in [-0.4, -0.2) is 25.5 Å². The molecule has 0 fully saturated rings. The Morgan fingerprint density at radius 1 is 1.04 bits per heavy atom. The number of nitrogens with one attached hydrogen (secondary N) is 1. The van der Waals surface area contributed by atoms with Gasteiger partial charge in [0, 0.05) is 0 Å². The maximum Gasteiger partial charge on any atom is 0.322 e. The summed E-state index contributed by atoms with van der Waals surface area (Å²) in [6.07, 6.45) is -0.0414. The second-order valence-electron chi connectivity index (χ2n) is 5.21. The molecule has 2 aromatic carbocycles. The molecule has 0 aliphatic rings. The molecule has 2 rings (SSSR count). The lowest BCUT2D eigenvalue weighted by Gasteiger charge is -2.15. The summed E-state index contributed by atoms with van der Waals surface area (Å²) in [6, 6.07) is 11.9. The van der Waals surface area contributed by atoms with Crippen LogP contribution in [0.4, 0.5) is 0 Å². The minimum absolute atomic E-state index is 0.0414. The molecule has 2 N–H and O–H groups in total. The summed E-state index contributed by atoms with van der Waals surface area (Å²) < 4.78 is 26.6. The summed E-state index contributed by atoms with van der Waals surface area (Å²) in [4.78, 5) is 11.4. The van der Waals surface area contributed by atoms with E-state index < -0.39 is 22.0 Å². The zero-order chi connectivity index (χ0) is 17.7. The molecule has 0 aromatic heterocycles. The number of rotatable bonds is 7. The van der Waals surface area contributed by atoms with Crippen LogP contribution in [0.25, 0.3) is 0 Å². The van der Waals surface area contributed by atoms with E-state index in [4.69, 9.17) is 23.2 Å². The molecule has 0 aliphatic heterocycles. The standard InChI is InChI=1S/C16H15Cl2NO4S/c17-13-7-6-12(8-14(13)18)9-15(16(20)21)19-24(22,23)10-11-4-2-1-3-5-11/h1-8,15,19H,9-10H2,(H,20,21)/t15-/m1/s1. The van der Waals surface area contributed by atoms with Crippen molar-refractivity contribution in [3.8, 4) is 0 Å². The van der Waals surface area contributed by atoms with Gasteiger partial charge in [-0.2, -0.15) is 0 Å². The third kappa shape index (κ3) is 5.49. The summed E-state index contributed by atoms with van der Waals surface area (Å²) in [5.74, 6) is -1.56. The third-order valence-corrected chi connectivity index (χ3v) is 5.34. The topological polar surface area (TPSA) is 83.5 Å². The zero-order valence-electron chi connectivity index (χ0n) is 12.4. The number of sulfonamides is 1. The average Bonchev–Trinajstić information content (AvgIpc) is 2.50. The Labute approximate surface area is 150 Å². The van der Waals surface area contributed by atoms with Crippen molar-refractivity contribution in [2.45, 2.75) is 18.2 Å². The van der Waals surface area contributed by atoms with Gasteiger partial charge in [0.05, 0.1) is 15.8 Å². The van der Waals surface area contributed by atoms with Gasteiger partial charge in [0.1, 0.15) is 6.04 Å². The molecule has 2 aromatic rings. The molecule has 5 nitrogen and oxygen atoms in total. The quantitative estimate of drug-likeness (QED) is 0.764. The summed E-state index contributed by atoms with van der Waals surface area (Å²) in [5, 5.41) is 9.93. The van der Waals surface area contributed by atoms with Crippen LogP contribution >= 0.6 is 23.2 Å². The maximum absolute atomic E-state index is 12.2. The van der Waals surface area contributed by atoms with Gasteiger partial charge in [-0.05, 0) is 29.7 Å². The first kappa shape index (κ1) is 18.7. The fraction of sp³-hybridized carbons (Fsp3) is 0.188. The predicted octanol–water partition coefficient (Wildman–Crippen LogP) is 3.11. The molecule has 0 bridgehead atoms. The van der Waals surface area contributed by atoms with Gasteiger partial charge in [-0.15, -0.1) is 0 Å². The minimum Gasteiger partial charge on any atom is -0.480 e. The number of carbonyl (C=O) groups is 1. The fourth-order valence-electron chi connectivity index (χ4n) is 2.13. The highest BCUT2D eigenvalue weighted by molar-refractivity contribution is 7.88. The Morgan fingerprint density at radius 3 is 2.29 bits per heavy atom. The van der Waals surface area contributed by atoms with Crippen molar-refractivity contribution in [2.24, 2.45) is 0 Å². The van der Waals surface area contributed by atoms with Crippen LogP contribution in [-0.2, 0) is 27.0 Å². The highest BCUT2D eigenvalue weighted by Gasteiger charge is 2.24. The first-order chi connectivity index (χ1) is 11.3. The third-order valence-electron chi connectivity index (χ3n) is 3.24. The molecular formula is C16H15Cl2NO4S. The average molecular weight is 388 g/mol. The van der Waals surface area contributed by atoms with Gasteiger partial charge in [-0.3, -0.25) is 4.79 Å². The molecule has 0 saturated carbocycles. The lowest BCUT2D eigenvalue weighted by Crippen LogP contribution is -2.42. The number of aliphatic carboxylic acids is 1. The molecule has 0 unspecified atom stereocenters. The Morgan fingerprint density at radius 2 is 1.71 bits per heavy atom. The lowest BCUT2D eigenvalue weighted by molar-refractivity contribution is -0.138. The number of halogens is 2. The lowest BCUT2D eigenvalue weighted by atomic mass is 10.1. The van der Waals surface area contributed by atoms with E-state index in [-0.39, 0.29) is 17.2 Å². The Bertz CT molecular complexity index is 825. The summed E-state index contributed by atoms with van der Waals surface area (Å²) >= 11 is 11.7. The Hall–Kier alpha value is -1.60. The van der Waals surface area contributed by atoms with E-state index in [0.717, 1.165) is 0 Å². The van der Waals surface area contributed by atoms with Crippen LogP contribution in [0.2, 0.25) is 10.0 Å². The first-order valence-electron chi connectivity index (χ1n) is 6.97. The molecule has 0 saturated heterocycles. The fourth-order valence-corrected chi connectivity index (χ4v) is 3.79. The van der Waals surface area contributed by atoms with Crippen molar-refractivity contribution < 1.29 is 18.3 Å². The van der Waals surface area contributed by atoms with E-state index in [2.05, 4.69) is 4.72 Å². The van der Waals surface area contributed by atoms with Crippen LogP contribution in [0.1, 0.15) is 11.1 Å². The van der Waals surface area contributed by atoms with Crippen molar-refractivity contribution >= 4 is 39.2 Å². The SMILES string of the molecule is O=C(O)[C@@H](Cc1ccc(Cl)c(Cl)c1)NS(=O)(=O)Cc1ccccc1. The number of carboxylic acids is 1. The van der Waals surface area contributed by atoms with Gasteiger partial charge in [0.15, 0.2) is 0 Å². The van der Waals surface area contributed by atoms with E-state index in [9.17, 15) is 18.3 Å². The van der Waals surface area contributed by atoms with Crippen LogP contribution in [0.15, 0.2) is 48.5 Å². The molecular weight excluding hydrogens is 373 g/mol. The summed E-state index contributed by atoms with van der Waals surface area (Å²) in [5.41, 5.74) is 1.14. The molecule has 24 heavy (non-hydrogen) atoms. The Kier molecular flexibility index (Phi) is 6.23. The summed E-state index contributed by atoms with van der Waals surface area (Å²) in [7, 11) is -3.81. The largest absolute Gasteiger partial charge is 0.480 e. The van der Waals surface area contributed by atoms with E-state index >= 15 is 0 Å². The predicted molar refractivity (Wildman–Crippen MR) is 93.8 cm³/mol. The van der Waals surface area contributed by atoms with Gasteiger partial charge in [0.2, 0.25) is 10.0 Å². The number of benzene rings is 2. The molecule has 0 heterocycles. The van der Waals surface area contributed by atoms with Gasteiger partial charge in [-0.1, -0.05) is 59.6 Å². The molecule has 128 valence electrons. The Balaban J connectivity index is 2.12. The second kappa shape index (κ2) is 7.98. The van der Waals surface area contributed by atoms with Crippen LogP contribution in [0.5, 0.6) is 0 Å². The monoisotopic (exact) mass is 387 g/mol. The number of hydrogen-bond donors (Lipinski definition) is 2. The number of hydrogen-bond acceptors (Lipinski definition) is 3. The number of carboxylic acid groups (broad SMARTS) is 1. The van der Waals surface area contributed by atoms with Crippen LogP contribution in [0.3, 0.4) is 0 Å². The highest BCUT2D eigenvalue weighted by atomic mass is 35.5. The maximum atomic E-state index is 12.2. The van der Waals surface area contributed by atoms with Gasteiger partial charge in [0.25, 0.3) is 0 Å². The smallest absolute Gasteiger partial charge is 0.322 e. The highest BCUT2D eigenvalue weighted by Crippen LogP contribution is 2.23. The normalized spacial score (nSPS) is 12.8. The molecule has 8 heteroatoms. The molecule has 1 atom stereocenters. The van der Waals surface area contributed by atoms with Crippen molar-refractivity contribution in [1.82, 2.24) is 4.72 Å². The van der Waals surface area contributed by atoms with Crippen molar-refractivity contribution in [3.05, 3.63) is 69.7 Å². The van der Waals surface area contributed by atoms with E-state index in [1.165, 1.54) is 12.1 Å². The van der Waals surface area contributed by atoms with E-state index in [1.54, 1.807) is 36.4 Å². The molecule has 0 amide bonds. The molecule has 0 aliphatic carbocycles. The van der Waals surface area contributed by atoms with Gasteiger partial charge >= 0.3 is 5.97 Å². The first-order valence-corrected chi connectivity index (χ1v) is 9.38. The van der Waals surface area contributed by atoms with Gasteiger partial charge < -0.3 is 5.11 Å². The van der Waals surface area contributed by atoms with Crippen molar-refractivity contribution in [1.29, 1.82) is 0 Å². The van der Waals surface area contributed by atoms with Crippen molar-refractivity contribution in [3.63, 3.8) is 0 Å². The van der Waals surface area contributed by atoms with Crippen LogP contribution in [0, 0.1) is 0 Å². The van der Waals surface area contributed by atoms with Crippen LogP contribution < -0.4 is 4.72 Å². The molecule has 0 spiro atoms. The molecule has 0 radical (unpaired) electrons. The minimum atomic E-state index is -3.81. The van der Waals surface area contributed by atoms with Crippen molar-refractivity contribution in [2.75, 3.05) is 0 Å². The van der Waals surface area contributed by atoms with E-state index in [1.807, 2.05) is 0 Å². The van der Waals surface area contributed by atoms with E-state index in [0.29, 0.717) is 16.1 Å². The summed E-state index contributed by atoms with van der Waals surface area (Å²) in [6.45, 7) is 0. The van der Waals surface area contributed by atoms with Gasteiger partial charge in [-0.25, -0.2) is 13.1 Å². The second-order valence-corrected chi connectivity index (χ2v) is 7.77.